The Labute approximate surface area is 212 Å². The van der Waals surface area contributed by atoms with Gasteiger partial charge in [0.1, 0.15) is 5.75 Å². The Kier molecular flexibility index (Phi) is 6.92. The third-order valence-corrected chi connectivity index (χ3v) is 6.01. The average Bonchev–Trinajstić information content (AvgIpc) is 2.88. The van der Waals surface area contributed by atoms with Crippen LogP contribution < -0.4 is 15.0 Å². The quantitative estimate of drug-likeness (QED) is 0.214. The van der Waals surface area contributed by atoms with Gasteiger partial charge in [-0.2, -0.15) is 9.78 Å². The zero-order chi connectivity index (χ0) is 26.9. The molecule has 0 saturated carbocycles. The van der Waals surface area contributed by atoms with Crippen molar-refractivity contribution in [2.45, 2.75) is 26.7 Å². The van der Waals surface area contributed by atoms with E-state index in [-0.39, 0.29) is 17.2 Å². The lowest BCUT2D eigenvalue weighted by molar-refractivity contribution is -0.386. The Morgan fingerprint density at radius 2 is 1.81 bits per heavy atom. The number of hydrogen-bond donors (Lipinski definition) is 1. The Hall–Kier alpha value is -4.73. The summed E-state index contributed by atoms with van der Waals surface area (Å²) in [5.74, 6) is 0.501. The molecule has 0 atom stereocenters. The minimum atomic E-state index is -0.724. The number of methoxy groups -OCH3 is 2. The van der Waals surface area contributed by atoms with Crippen LogP contribution in [-0.2, 0) is 0 Å². The van der Waals surface area contributed by atoms with Gasteiger partial charge in [-0.05, 0) is 54.3 Å². The van der Waals surface area contributed by atoms with E-state index in [9.17, 15) is 20.0 Å². The third-order valence-electron chi connectivity index (χ3n) is 6.01. The SMILES string of the molecule is COc1cc(C)c(-c2nc3ccccc3c(=O)n2N=Cc2cc(OC)c(O)c([N+](=O)[O-])c2)cc1C(C)C. The van der Waals surface area contributed by atoms with Crippen molar-refractivity contribution in [3.05, 3.63) is 85.7 Å². The smallest absolute Gasteiger partial charge is 0.315 e. The molecule has 37 heavy (non-hydrogen) atoms. The van der Waals surface area contributed by atoms with Crippen LogP contribution in [0.5, 0.6) is 17.2 Å². The van der Waals surface area contributed by atoms with Crippen LogP contribution in [0.4, 0.5) is 5.69 Å². The van der Waals surface area contributed by atoms with Gasteiger partial charge in [-0.25, -0.2) is 4.98 Å². The maximum Gasteiger partial charge on any atom is 0.315 e. The maximum atomic E-state index is 13.6. The highest BCUT2D eigenvalue weighted by Gasteiger charge is 2.21. The predicted molar refractivity (Wildman–Crippen MR) is 141 cm³/mol. The fraction of sp³-hybridized carbons (Fsp3) is 0.222. The normalized spacial score (nSPS) is 11.4. The molecule has 190 valence electrons. The van der Waals surface area contributed by atoms with Gasteiger partial charge in [0.25, 0.3) is 5.56 Å². The van der Waals surface area contributed by atoms with Gasteiger partial charge in [0.2, 0.25) is 5.75 Å². The third kappa shape index (κ3) is 4.73. The van der Waals surface area contributed by atoms with Crippen LogP contribution >= 0.6 is 0 Å². The van der Waals surface area contributed by atoms with Crippen LogP contribution in [0.2, 0.25) is 0 Å². The molecule has 10 heteroatoms. The minimum absolute atomic E-state index is 0.0903. The second kappa shape index (κ2) is 10.1. The molecule has 0 unspecified atom stereocenters. The molecule has 0 bridgehead atoms. The number of benzene rings is 3. The van der Waals surface area contributed by atoms with Crippen molar-refractivity contribution in [2.75, 3.05) is 14.2 Å². The number of aromatic nitrogens is 2. The number of nitrogens with zero attached hydrogens (tertiary/aromatic N) is 4. The summed E-state index contributed by atoms with van der Waals surface area (Å²) < 4.78 is 11.8. The van der Waals surface area contributed by atoms with Gasteiger partial charge < -0.3 is 14.6 Å². The topological polar surface area (TPSA) is 129 Å². The monoisotopic (exact) mass is 502 g/mol. The number of phenolic OH excluding ortho intramolecular Hbond substituents is 1. The van der Waals surface area contributed by atoms with E-state index in [1.807, 2.05) is 32.9 Å². The van der Waals surface area contributed by atoms with Gasteiger partial charge >= 0.3 is 5.69 Å². The lowest BCUT2D eigenvalue weighted by Crippen LogP contribution is -2.20. The van der Waals surface area contributed by atoms with E-state index >= 15 is 0 Å². The van der Waals surface area contributed by atoms with E-state index in [0.29, 0.717) is 22.3 Å². The van der Waals surface area contributed by atoms with E-state index < -0.39 is 21.9 Å². The van der Waals surface area contributed by atoms with Gasteiger partial charge in [0.05, 0.1) is 36.3 Å². The van der Waals surface area contributed by atoms with E-state index in [4.69, 9.17) is 14.5 Å². The minimum Gasteiger partial charge on any atom is -0.500 e. The first-order chi connectivity index (χ1) is 17.7. The first-order valence-corrected chi connectivity index (χ1v) is 11.5. The van der Waals surface area contributed by atoms with Crippen LogP contribution in [0.25, 0.3) is 22.3 Å². The number of rotatable bonds is 7. The van der Waals surface area contributed by atoms with Crippen molar-refractivity contribution in [3.63, 3.8) is 0 Å². The van der Waals surface area contributed by atoms with Crippen LogP contribution in [-0.4, -0.2) is 40.1 Å². The number of hydrogen-bond acceptors (Lipinski definition) is 8. The standard InChI is InChI=1S/C27H26N4O6/c1-15(2)19-13-20(16(3)10-23(19)36-4)26-29-21-9-7-6-8-18(21)27(33)30(26)28-14-17-11-22(31(34)35)25(32)24(12-17)37-5/h6-15,32H,1-5H3. The largest absolute Gasteiger partial charge is 0.500 e. The van der Waals surface area contributed by atoms with Crippen molar-refractivity contribution in [1.29, 1.82) is 0 Å². The van der Waals surface area contributed by atoms with E-state index in [1.54, 1.807) is 31.4 Å². The molecule has 0 saturated heterocycles. The Balaban J connectivity index is 1.99. The molecule has 0 spiro atoms. The van der Waals surface area contributed by atoms with Gasteiger partial charge in [-0.1, -0.05) is 26.0 Å². The van der Waals surface area contributed by atoms with Gasteiger partial charge in [0, 0.05) is 17.2 Å². The lowest BCUT2D eigenvalue weighted by atomic mass is 9.96. The maximum absolute atomic E-state index is 13.6. The molecule has 0 fully saturated rings. The summed E-state index contributed by atoms with van der Waals surface area (Å²) in [5, 5.41) is 26.2. The van der Waals surface area contributed by atoms with Gasteiger partial charge in [-0.3, -0.25) is 14.9 Å². The molecule has 0 aliphatic rings. The molecule has 10 nitrogen and oxygen atoms in total. The van der Waals surface area contributed by atoms with Crippen LogP contribution in [0.1, 0.15) is 36.5 Å². The Bertz CT molecular complexity index is 1610. The summed E-state index contributed by atoms with van der Waals surface area (Å²) in [7, 11) is 2.90. The zero-order valence-corrected chi connectivity index (χ0v) is 21.1. The second-order valence-corrected chi connectivity index (χ2v) is 8.73. The van der Waals surface area contributed by atoms with Crippen molar-refractivity contribution < 1.29 is 19.5 Å². The number of ether oxygens (including phenoxy) is 2. The molecule has 1 aromatic heterocycles. The lowest BCUT2D eigenvalue weighted by Gasteiger charge is -2.17. The van der Waals surface area contributed by atoms with Crippen molar-refractivity contribution >= 4 is 22.8 Å². The highest BCUT2D eigenvalue weighted by atomic mass is 16.6. The predicted octanol–water partition coefficient (Wildman–Crippen LogP) is 5.01. The summed E-state index contributed by atoms with van der Waals surface area (Å²) in [6.45, 7) is 5.98. The first kappa shape index (κ1) is 25.4. The van der Waals surface area contributed by atoms with Crippen LogP contribution in [0, 0.1) is 17.0 Å². The van der Waals surface area contributed by atoms with Crippen LogP contribution in [0.3, 0.4) is 0 Å². The van der Waals surface area contributed by atoms with Gasteiger partial charge in [-0.15, -0.1) is 0 Å². The molecule has 1 N–H and O–H groups in total. The molecule has 0 aliphatic heterocycles. The summed E-state index contributed by atoms with van der Waals surface area (Å²) in [5.41, 5.74) is 2.28. The number of aromatic hydroxyl groups is 1. The van der Waals surface area contributed by atoms with Crippen LogP contribution in [0.15, 0.2) is 58.4 Å². The molecule has 0 amide bonds. The summed E-state index contributed by atoms with van der Waals surface area (Å²) in [6, 6.07) is 13.3. The number of nitro benzene ring substituents is 1. The Morgan fingerprint density at radius 3 is 2.46 bits per heavy atom. The molecule has 0 radical (unpaired) electrons. The molecular formula is C27H26N4O6. The van der Waals surface area contributed by atoms with E-state index in [0.717, 1.165) is 22.9 Å². The number of fused-ring (bicyclic) bond motifs is 1. The zero-order valence-electron chi connectivity index (χ0n) is 21.1. The molecule has 3 aromatic carbocycles. The number of para-hydroxylation sites is 1. The van der Waals surface area contributed by atoms with Gasteiger partial charge in [0.15, 0.2) is 11.6 Å². The second-order valence-electron chi connectivity index (χ2n) is 8.73. The average molecular weight is 503 g/mol. The number of phenols is 1. The molecular weight excluding hydrogens is 476 g/mol. The summed E-state index contributed by atoms with van der Waals surface area (Å²) >= 11 is 0. The number of nitro groups is 1. The van der Waals surface area contributed by atoms with Crippen molar-refractivity contribution in [1.82, 2.24) is 9.66 Å². The fourth-order valence-corrected chi connectivity index (χ4v) is 4.08. The highest BCUT2D eigenvalue weighted by Crippen LogP contribution is 2.37. The van der Waals surface area contributed by atoms with E-state index in [1.165, 1.54) is 24.1 Å². The highest BCUT2D eigenvalue weighted by molar-refractivity contribution is 5.84. The number of aryl methyl sites for hydroxylation is 1. The fourth-order valence-electron chi connectivity index (χ4n) is 4.08. The van der Waals surface area contributed by atoms with Crippen molar-refractivity contribution in [3.8, 4) is 28.6 Å². The molecule has 0 aliphatic carbocycles. The Morgan fingerprint density at radius 1 is 1.11 bits per heavy atom. The molecule has 4 rings (SSSR count). The van der Waals surface area contributed by atoms with Crippen molar-refractivity contribution in [2.24, 2.45) is 5.10 Å². The first-order valence-electron chi connectivity index (χ1n) is 11.5. The summed E-state index contributed by atoms with van der Waals surface area (Å²) in [6.07, 6.45) is 1.29. The molecule has 1 heterocycles. The summed E-state index contributed by atoms with van der Waals surface area (Å²) in [4.78, 5) is 29.0. The van der Waals surface area contributed by atoms with E-state index in [2.05, 4.69) is 5.10 Å². The molecule has 4 aromatic rings.